The maximum absolute atomic E-state index is 10.3. The average molecular weight is 165 g/mol. The Bertz CT molecular complexity index is 436. The van der Waals surface area contributed by atoms with Crippen LogP contribution in [0.15, 0.2) is 22.7 Å². The number of non-ortho nitro benzene ring substituents is 1. The van der Waals surface area contributed by atoms with Crippen LogP contribution in [0.5, 0.6) is 0 Å². The van der Waals surface area contributed by atoms with E-state index in [0.717, 1.165) is 0 Å². The number of nitro benzene ring substituents is 1. The van der Waals surface area contributed by atoms with E-state index in [9.17, 15) is 10.1 Å². The Morgan fingerprint density at radius 3 is 3.08 bits per heavy atom. The zero-order valence-corrected chi connectivity index (χ0v) is 5.80. The molecule has 1 aromatic carbocycles. The number of aromatic nitrogens is 2. The van der Waals surface area contributed by atoms with E-state index in [1.54, 1.807) is 0 Å². The third kappa shape index (κ3) is 0.895. The first kappa shape index (κ1) is 6.71. The van der Waals surface area contributed by atoms with Gasteiger partial charge in [0.15, 0.2) is 5.58 Å². The Balaban J connectivity index is 2.68. The first-order valence-electron chi connectivity index (χ1n) is 3.14. The molecule has 1 heterocycles. The molecule has 0 spiro atoms. The van der Waals surface area contributed by atoms with Crippen molar-refractivity contribution >= 4 is 16.8 Å². The van der Waals surface area contributed by atoms with Crippen LogP contribution in [0, 0.1) is 10.1 Å². The van der Waals surface area contributed by atoms with E-state index in [1.165, 1.54) is 18.2 Å². The Morgan fingerprint density at radius 1 is 1.50 bits per heavy atom. The van der Waals surface area contributed by atoms with Gasteiger partial charge in [-0.3, -0.25) is 10.1 Å². The van der Waals surface area contributed by atoms with Gasteiger partial charge in [-0.1, -0.05) is 0 Å². The van der Waals surface area contributed by atoms with E-state index in [-0.39, 0.29) is 5.69 Å². The van der Waals surface area contributed by atoms with E-state index in [1.807, 2.05) is 0 Å². The highest BCUT2D eigenvalue weighted by atomic mass is 16.6. The molecule has 2 rings (SSSR count). The van der Waals surface area contributed by atoms with Crippen LogP contribution >= 0.6 is 0 Å². The molecule has 12 heavy (non-hydrogen) atoms. The molecule has 0 aliphatic carbocycles. The fourth-order valence-corrected chi connectivity index (χ4v) is 0.880. The third-order valence-corrected chi connectivity index (χ3v) is 1.44. The fourth-order valence-electron chi connectivity index (χ4n) is 0.880. The van der Waals surface area contributed by atoms with Gasteiger partial charge in [-0.25, -0.2) is 0 Å². The Morgan fingerprint density at radius 2 is 2.33 bits per heavy atom. The van der Waals surface area contributed by atoms with Crippen molar-refractivity contribution < 1.29 is 9.45 Å². The predicted molar refractivity (Wildman–Crippen MR) is 38.5 cm³/mol. The van der Waals surface area contributed by atoms with Gasteiger partial charge in [0.05, 0.1) is 11.0 Å². The van der Waals surface area contributed by atoms with Gasteiger partial charge < -0.3 is 4.52 Å². The Hall–Kier alpha value is -1.98. The molecule has 0 bridgehead atoms. The summed E-state index contributed by atoms with van der Waals surface area (Å²) >= 11 is 0. The maximum atomic E-state index is 10.3. The highest BCUT2D eigenvalue weighted by Crippen LogP contribution is 2.17. The van der Waals surface area contributed by atoms with E-state index in [0.29, 0.717) is 11.1 Å². The number of nitrogens with zero attached hydrogens (tertiary/aromatic N) is 3. The van der Waals surface area contributed by atoms with Gasteiger partial charge in [0.1, 0.15) is 5.52 Å². The summed E-state index contributed by atoms with van der Waals surface area (Å²) in [6, 6.07) is 4.13. The lowest BCUT2D eigenvalue weighted by molar-refractivity contribution is -0.384. The number of fused-ring (bicyclic) bond motifs is 1. The normalized spacial score (nSPS) is 10.3. The molecule has 6 heteroatoms. The SMILES string of the molecule is O=[N+]([O-])c1ccc2nnoc2c1. The van der Waals surface area contributed by atoms with E-state index >= 15 is 0 Å². The number of benzene rings is 1. The number of nitro groups is 1. The molecular formula is C6H3N3O3. The summed E-state index contributed by atoms with van der Waals surface area (Å²) in [7, 11) is 0. The summed E-state index contributed by atoms with van der Waals surface area (Å²) in [6.45, 7) is 0. The summed E-state index contributed by atoms with van der Waals surface area (Å²) in [6.07, 6.45) is 0. The maximum Gasteiger partial charge on any atom is 0.273 e. The van der Waals surface area contributed by atoms with Crippen molar-refractivity contribution in [2.45, 2.75) is 0 Å². The van der Waals surface area contributed by atoms with Crippen LogP contribution in [-0.2, 0) is 0 Å². The van der Waals surface area contributed by atoms with Crippen LogP contribution in [0.3, 0.4) is 0 Å². The van der Waals surface area contributed by atoms with E-state index in [2.05, 4.69) is 14.9 Å². The molecule has 0 fully saturated rings. The summed E-state index contributed by atoms with van der Waals surface area (Å²) in [5.74, 6) is 0. The molecule has 0 unspecified atom stereocenters. The van der Waals surface area contributed by atoms with Crippen molar-refractivity contribution in [1.82, 2.24) is 10.4 Å². The van der Waals surface area contributed by atoms with Crippen LogP contribution in [0.25, 0.3) is 11.1 Å². The van der Waals surface area contributed by atoms with Crippen LogP contribution in [0.2, 0.25) is 0 Å². The van der Waals surface area contributed by atoms with Crippen molar-refractivity contribution in [3.63, 3.8) is 0 Å². The van der Waals surface area contributed by atoms with Crippen LogP contribution in [0.4, 0.5) is 5.69 Å². The molecule has 0 radical (unpaired) electrons. The summed E-state index contributed by atoms with van der Waals surface area (Å²) in [4.78, 5) is 9.79. The van der Waals surface area contributed by atoms with E-state index < -0.39 is 4.92 Å². The summed E-state index contributed by atoms with van der Waals surface area (Å²) < 4.78 is 4.64. The zero-order chi connectivity index (χ0) is 8.55. The largest absolute Gasteiger partial charge is 0.337 e. The smallest absolute Gasteiger partial charge is 0.273 e. The quantitative estimate of drug-likeness (QED) is 0.467. The Labute approximate surface area is 65.9 Å². The third-order valence-electron chi connectivity index (χ3n) is 1.44. The number of hydrogen-bond acceptors (Lipinski definition) is 5. The second-order valence-corrected chi connectivity index (χ2v) is 2.18. The molecule has 0 atom stereocenters. The van der Waals surface area contributed by atoms with Gasteiger partial charge in [-0.05, 0) is 6.07 Å². The first-order valence-corrected chi connectivity index (χ1v) is 3.14. The molecular weight excluding hydrogens is 162 g/mol. The lowest BCUT2D eigenvalue weighted by Crippen LogP contribution is -1.86. The molecule has 0 aliphatic rings. The zero-order valence-electron chi connectivity index (χ0n) is 5.80. The van der Waals surface area contributed by atoms with Crippen LogP contribution in [0.1, 0.15) is 0 Å². The summed E-state index contributed by atoms with van der Waals surface area (Å²) in [5, 5.41) is 17.1. The first-order chi connectivity index (χ1) is 5.77. The van der Waals surface area contributed by atoms with Gasteiger partial charge >= 0.3 is 0 Å². The van der Waals surface area contributed by atoms with Crippen molar-refractivity contribution in [3.8, 4) is 0 Å². The molecule has 0 saturated carbocycles. The van der Waals surface area contributed by atoms with Crippen molar-refractivity contribution in [2.24, 2.45) is 0 Å². The molecule has 0 aliphatic heterocycles. The lowest BCUT2D eigenvalue weighted by atomic mass is 10.3. The highest BCUT2D eigenvalue weighted by Gasteiger charge is 2.08. The minimum absolute atomic E-state index is 0.0268. The van der Waals surface area contributed by atoms with Crippen molar-refractivity contribution in [1.29, 1.82) is 0 Å². The highest BCUT2D eigenvalue weighted by molar-refractivity contribution is 5.74. The van der Waals surface area contributed by atoms with Crippen molar-refractivity contribution in [2.75, 3.05) is 0 Å². The monoisotopic (exact) mass is 165 g/mol. The molecule has 0 saturated heterocycles. The molecule has 1 aromatic heterocycles. The molecule has 6 nitrogen and oxygen atoms in total. The second kappa shape index (κ2) is 2.26. The van der Waals surface area contributed by atoms with Crippen molar-refractivity contribution in [3.05, 3.63) is 28.3 Å². The van der Waals surface area contributed by atoms with Gasteiger partial charge in [-0.2, -0.15) is 0 Å². The number of hydrogen-bond donors (Lipinski definition) is 0. The standard InChI is InChI=1S/C6H3N3O3/c10-9(11)4-1-2-5-6(3-4)12-8-7-5/h1-3H. The van der Waals surface area contributed by atoms with Crippen LogP contribution in [-0.4, -0.2) is 15.3 Å². The number of rotatable bonds is 1. The minimum Gasteiger partial charge on any atom is -0.337 e. The molecule has 0 N–H and O–H groups in total. The average Bonchev–Trinajstić information content (AvgIpc) is 2.49. The fraction of sp³-hybridized carbons (Fsp3) is 0. The van der Waals surface area contributed by atoms with Gasteiger partial charge in [0.2, 0.25) is 0 Å². The van der Waals surface area contributed by atoms with E-state index in [4.69, 9.17) is 0 Å². The van der Waals surface area contributed by atoms with Gasteiger partial charge in [0, 0.05) is 11.3 Å². The topological polar surface area (TPSA) is 82.1 Å². The minimum atomic E-state index is -0.498. The van der Waals surface area contributed by atoms with Gasteiger partial charge in [-0.15, -0.1) is 5.10 Å². The van der Waals surface area contributed by atoms with Gasteiger partial charge in [0.25, 0.3) is 5.69 Å². The Kier molecular flexibility index (Phi) is 1.26. The lowest BCUT2D eigenvalue weighted by Gasteiger charge is -1.87. The predicted octanol–water partition coefficient (Wildman–Crippen LogP) is 1.13. The summed E-state index contributed by atoms with van der Waals surface area (Å²) in [5.41, 5.74) is 0.811. The second-order valence-electron chi connectivity index (χ2n) is 2.18. The molecule has 0 amide bonds. The molecule has 2 aromatic rings. The van der Waals surface area contributed by atoms with Crippen LogP contribution < -0.4 is 0 Å². The molecule has 60 valence electrons.